The van der Waals surface area contributed by atoms with Gasteiger partial charge >= 0.3 is 0 Å². The Hall–Kier alpha value is -2.67. The van der Waals surface area contributed by atoms with Crippen molar-refractivity contribution in [3.8, 4) is 11.4 Å². The van der Waals surface area contributed by atoms with Gasteiger partial charge in [-0.15, -0.1) is 10.2 Å². The van der Waals surface area contributed by atoms with Gasteiger partial charge in [-0.05, 0) is 31.5 Å². The van der Waals surface area contributed by atoms with Crippen LogP contribution in [-0.2, 0) is 11.3 Å². The topological polar surface area (TPSA) is 59.8 Å². The Morgan fingerprint density at radius 3 is 2.52 bits per heavy atom. The second-order valence-electron chi connectivity index (χ2n) is 6.05. The summed E-state index contributed by atoms with van der Waals surface area (Å²) in [6, 6.07) is 15.8. The zero-order chi connectivity index (χ0) is 19.2. The third-order valence-corrected chi connectivity index (χ3v) is 5.11. The van der Waals surface area contributed by atoms with Gasteiger partial charge in [0.2, 0.25) is 5.91 Å². The van der Waals surface area contributed by atoms with Crippen molar-refractivity contribution in [2.45, 2.75) is 31.6 Å². The van der Waals surface area contributed by atoms with E-state index >= 15 is 0 Å². The molecule has 1 amide bonds. The van der Waals surface area contributed by atoms with Gasteiger partial charge in [0.1, 0.15) is 5.82 Å². The fraction of sp³-hybridized carbons (Fsp3) is 0.250. The van der Waals surface area contributed by atoms with Crippen molar-refractivity contribution in [3.05, 3.63) is 66.0 Å². The van der Waals surface area contributed by atoms with Crippen LogP contribution in [-0.4, -0.2) is 26.4 Å². The van der Waals surface area contributed by atoms with Crippen molar-refractivity contribution in [2.75, 3.05) is 5.75 Å². The maximum atomic E-state index is 13.0. The molecule has 0 saturated heterocycles. The molecule has 3 rings (SSSR count). The molecule has 0 bridgehead atoms. The number of halogens is 1. The quantitative estimate of drug-likeness (QED) is 0.624. The van der Waals surface area contributed by atoms with Crippen LogP contribution in [0.3, 0.4) is 0 Å². The summed E-state index contributed by atoms with van der Waals surface area (Å²) in [5.41, 5.74) is 1.85. The molecule has 3 aromatic rings. The molecule has 1 atom stereocenters. The van der Waals surface area contributed by atoms with Crippen LogP contribution in [0.1, 0.15) is 25.5 Å². The largest absolute Gasteiger partial charge is 0.349 e. The first-order valence-electron chi connectivity index (χ1n) is 8.74. The van der Waals surface area contributed by atoms with Gasteiger partial charge in [0.05, 0.1) is 11.8 Å². The van der Waals surface area contributed by atoms with Crippen molar-refractivity contribution in [3.63, 3.8) is 0 Å². The zero-order valence-electron chi connectivity index (χ0n) is 15.2. The minimum atomic E-state index is -0.291. The summed E-state index contributed by atoms with van der Waals surface area (Å²) in [5.74, 6) is 0.628. The molecule has 0 aliphatic heterocycles. The molecular formula is C20H21FN4OS. The van der Waals surface area contributed by atoms with Crippen LogP contribution in [0.15, 0.2) is 59.8 Å². The zero-order valence-corrected chi connectivity index (χ0v) is 16.0. The van der Waals surface area contributed by atoms with E-state index < -0.39 is 0 Å². The van der Waals surface area contributed by atoms with E-state index in [1.54, 1.807) is 12.1 Å². The molecule has 5 nitrogen and oxygen atoms in total. The van der Waals surface area contributed by atoms with Gasteiger partial charge in [0.25, 0.3) is 0 Å². The van der Waals surface area contributed by atoms with Crippen LogP contribution in [0.4, 0.5) is 4.39 Å². The molecule has 1 unspecified atom stereocenters. The van der Waals surface area contributed by atoms with E-state index in [1.807, 2.05) is 48.7 Å². The molecular weight excluding hydrogens is 363 g/mol. The van der Waals surface area contributed by atoms with Crippen LogP contribution in [0.25, 0.3) is 11.4 Å². The van der Waals surface area contributed by atoms with Gasteiger partial charge in [-0.1, -0.05) is 54.2 Å². The van der Waals surface area contributed by atoms with E-state index in [9.17, 15) is 9.18 Å². The number of benzene rings is 2. The number of thioether (sulfide) groups is 1. The Morgan fingerprint density at radius 1 is 1.15 bits per heavy atom. The highest BCUT2D eigenvalue weighted by Gasteiger charge is 2.15. The second kappa shape index (κ2) is 8.81. The van der Waals surface area contributed by atoms with Crippen molar-refractivity contribution in [2.24, 2.45) is 0 Å². The summed E-state index contributed by atoms with van der Waals surface area (Å²) in [6.45, 7) is 4.61. The van der Waals surface area contributed by atoms with E-state index in [-0.39, 0.29) is 23.5 Å². The lowest BCUT2D eigenvalue weighted by molar-refractivity contribution is -0.119. The Bertz CT molecular complexity index is 896. The predicted molar refractivity (Wildman–Crippen MR) is 105 cm³/mol. The molecule has 1 aromatic heterocycles. The number of amides is 1. The molecule has 0 fully saturated rings. The summed E-state index contributed by atoms with van der Waals surface area (Å²) in [5, 5.41) is 12.1. The van der Waals surface area contributed by atoms with Gasteiger partial charge in [-0.2, -0.15) is 0 Å². The Balaban J connectivity index is 1.62. The van der Waals surface area contributed by atoms with E-state index in [0.717, 1.165) is 17.0 Å². The number of hydrogen-bond acceptors (Lipinski definition) is 4. The first kappa shape index (κ1) is 19.1. The molecule has 0 aliphatic rings. The molecule has 140 valence electrons. The summed E-state index contributed by atoms with van der Waals surface area (Å²) >= 11 is 1.35. The van der Waals surface area contributed by atoms with Crippen molar-refractivity contribution < 1.29 is 9.18 Å². The predicted octanol–water partition coefficient (Wildman–Crippen LogP) is 4.07. The highest BCUT2D eigenvalue weighted by atomic mass is 32.2. The Morgan fingerprint density at radius 2 is 1.85 bits per heavy atom. The fourth-order valence-corrected chi connectivity index (χ4v) is 3.54. The summed E-state index contributed by atoms with van der Waals surface area (Å²) in [4.78, 5) is 12.3. The van der Waals surface area contributed by atoms with Crippen LogP contribution in [0.5, 0.6) is 0 Å². The highest BCUT2D eigenvalue weighted by Crippen LogP contribution is 2.24. The first-order chi connectivity index (χ1) is 13.1. The number of rotatable bonds is 7. The third-order valence-electron chi connectivity index (χ3n) is 4.14. The number of aromatic nitrogens is 3. The normalized spacial score (nSPS) is 12.0. The fourth-order valence-electron chi connectivity index (χ4n) is 2.73. The van der Waals surface area contributed by atoms with Crippen molar-refractivity contribution in [1.29, 1.82) is 0 Å². The van der Waals surface area contributed by atoms with Crippen LogP contribution < -0.4 is 5.32 Å². The van der Waals surface area contributed by atoms with Crippen molar-refractivity contribution >= 4 is 17.7 Å². The van der Waals surface area contributed by atoms with Gasteiger partial charge in [0.15, 0.2) is 11.0 Å². The Kier molecular flexibility index (Phi) is 6.24. The molecule has 1 heterocycles. The molecule has 27 heavy (non-hydrogen) atoms. The monoisotopic (exact) mass is 384 g/mol. The number of nitrogens with one attached hydrogen (secondary N) is 1. The van der Waals surface area contributed by atoms with Gasteiger partial charge < -0.3 is 9.88 Å². The molecule has 0 saturated carbocycles. The summed E-state index contributed by atoms with van der Waals surface area (Å²) in [6.07, 6.45) is 0. The SMILES string of the molecule is CCn1c(SCC(=O)NC(C)c2ccc(F)cc2)nnc1-c1ccccc1. The standard InChI is InChI=1S/C20H21FN4OS/c1-3-25-19(16-7-5-4-6-8-16)23-24-20(25)27-13-18(26)22-14(2)15-9-11-17(21)12-10-15/h4-12,14H,3,13H2,1-2H3,(H,22,26). The van der Waals surface area contributed by atoms with Gasteiger partial charge in [-0.3, -0.25) is 4.79 Å². The van der Waals surface area contributed by atoms with Gasteiger partial charge in [-0.25, -0.2) is 4.39 Å². The summed E-state index contributed by atoms with van der Waals surface area (Å²) < 4.78 is 15.0. The smallest absolute Gasteiger partial charge is 0.230 e. The van der Waals surface area contributed by atoms with Crippen LogP contribution in [0.2, 0.25) is 0 Å². The Labute approximate surface area is 162 Å². The van der Waals surface area contributed by atoms with E-state index in [0.29, 0.717) is 11.7 Å². The van der Waals surface area contributed by atoms with Gasteiger partial charge in [0, 0.05) is 12.1 Å². The molecule has 1 N–H and O–H groups in total. The average molecular weight is 384 g/mol. The second-order valence-corrected chi connectivity index (χ2v) is 6.99. The lowest BCUT2D eigenvalue weighted by Crippen LogP contribution is -2.28. The number of carbonyl (C=O) groups excluding carboxylic acids is 1. The van der Waals surface area contributed by atoms with Crippen molar-refractivity contribution in [1.82, 2.24) is 20.1 Å². The number of carbonyl (C=O) groups is 1. The maximum absolute atomic E-state index is 13.0. The van der Waals surface area contributed by atoms with Crippen LogP contribution >= 0.6 is 11.8 Å². The number of nitrogens with zero attached hydrogens (tertiary/aromatic N) is 3. The third kappa shape index (κ3) is 4.74. The van der Waals surface area contributed by atoms with Crippen LogP contribution in [0, 0.1) is 5.82 Å². The molecule has 2 aromatic carbocycles. The van der Waals surface area contributed by atoms with E-state index in [1.165, 1.54) is 23.9 Å². The lowest BCUT2D eigenvalue weighted by Gasteiger charge is -2.14. The molecule has 0 spiro atoms. The molecule has 7 heteroatoms. The maximum Gasteiger partial charge on any atom is 0.230 e. The van der Waals surface area contributed by atoms with E-state index in [2.05, 4.69) is 15.5 Å². The molecule has 0 radical (unpaired) electrons. The first-order valence-corrected chi connectivity index (χ1v) is 9.73. The minimum absolute atomic E-state index is 0.108. The average Bonchev–Trinajstić information content (AvgIpc) is 3.10. The lowest BCUT2D eigenvalue weighted by atomic mass is 10.1. The highest BCUT2D eigenvalue weighted by molar-refractivity contribution is 7.99. The minimum Gasteiger partial charge on any atom is -0.349 e. The molecule has 0 aliphatic carbocycles. The summed E-state index contributed by atoms with van der Waals surface area (Å²) in [7, 11) is 0. The number of hydrogen-bond donors (Lipinski definition) is 1. The van der Waals surface area contributed by atoms with E-state index in [4.69, 9.17) is 0 Å².